The normalized spacial score (nSPS) is 22.8. The van der Waals surface area contributed by atoms with Crippen LogP contribution >= 0.6 is 0 Å². The summed E-state index contributed by atoms with van der Waals surface area (Å²) in [5, 5.41) is 9.43. The Hall–Kier alpha value is -2.21. The third kappa shape index (κ3) is 5.39. The van der Waals surface area contributed by atoms with Crippen molar-refractivity contribution in [2.45, 2.75) is 38.4 Å². The summed E-state index contributed by atoms with van der Waals surface area (Å²) >= 11 is 0. The Balaban J connectivity index is 1.50. The van der Waals surface area contributed by atoms with Crippen molar-refractivity contribution in [1.29, 1.82) is 0 Å². The maximum atomic E-state index is 11.5. The molecule has 1 heterocycles. The molecular weight excluding hydrogens is 332 g/mol. The molecule has 0 saturated carbocycles. The van der Waals surface area contributed by atoms with Gasteiger partial charge in [-0.05, 0) is 24.0 Å². The molecule has 0 radical (unpaired) electrons. The Morgan fingerprint density at radius 1 is 0.962 bits per heavy atom. The number of carboxylic acid groups (broad SMARTS) is 1. The topological polar surface area (TPSA) is 65.0 Å². The van der Waals surface area contributed by atoms with Gasteiger partial charge in [0, 0.05) is 0 Å². The zero-order valence-electron chi connectivity index (χ0n) is 14.6. The average Bonchev–Trinajstić information content (AvgIpc) is 2.68. The molecule has 1 N–H and O–H groups in total. The molecule has 0 bridgehead atoms. The summed E-state index contributed by atoms with van der Waals surface area (Å²) in [6, 6.07) is 19.6. The van der Waals surface area contributed by atoms with E-state index in [1.54, 1.807) is 0 Å². The number of aliphatic carboxylic acids is 1. The Bertz CT molecular complexity index is 673. The fourth-order valence-corrected chi connectivity index (χ4v) is 3.01. The molecule has 3 unspecified atom stereocenters. The van der Waals surface area contributed by atoms with Gasteiger partial charge in [-0.3, -0.25) is 4.79 Å². The van der Waals surface area contributed by atoms with Crippen molar-refractivity contribution in [3.05, 3.63) is 71.8 Å². The molecule has 1 aliphatic rings. The molecule has 0 spiro atoms. The molecule has 1 aliphatic heterocycles. The van der Waals surface area contributed by atoms with Crippen molar-refractivity contribution in [3.63, 3.8) is 0 Å². The average molecular weight is 356 g/mol. The van der Waals surface area contributed by atoms with E-state index >= 15 is 0 Å². The smallest absolute Gasteiger partial charge is 0.311 e. The standard InChI is InChI=1S/C21H24O5/c22-20(23)19-12-11-18(15-24-13-16-7-3-1-4-8-16)26-21(19)25-14-17-9-5-2-6-10-17/h1-10,18-19,21H,11-15H2,(H,22,23). The summed E-state index contributed by atoms with van der Waals surface area (Å²) in [5.74, 6) is -1.53. The van der Waals surface area contributed by atoms with Crippen LogP contribution in [0.2, 0.25) is 0 Å². The van der Waals surface area contributed by atoms with Crippen LogP contribution in [0.1, 0.15) is 24.0 Å². The monoisotopic (exact) mass is 356 g/mol. The van der Waals surface area contributed by atoms with Crippen molar-refractivity contribution in [2.24, 2.45) is 5.92 Å². The predicted octanol–water partition coefficient (Wildman–Crippen LogP) is 3.63. The van der Waals surface area contributed by atoms with Gasteiger partial charge in [-0.2, -0.15) is 0 Å². The van der Waals surface area contributed by atoms with E-state index in [2.05, 4.69) is 0 Å². The van der Waals surface area contributed by atoms with Gasteiger partial charge < -0.3 is 19.3 Å². The maximum absolute atomic E-state index is 11.5. The first-order valence-corrected chi connectivity index (χ1v) is 8.88. The van der Waals surface area contributed by atoms with Crippen molar-refractivity contribution in [2.75, 3.05) is 6.61 Å². The highest BCUT2D eigenvalue weighted by molar-refractivity contribution is 5.70. The lowest BCUT2D eigenvalue weighted by Crippen LogP contribution is -2.42. The molecule has 0 aromatic heterocycles. The van der Waals surface area contributed by atoms with E-state index in [1.165, 1.54) is 0 Å². The minimum Gasteiger partial charge on any atom is -0.481 e. The molecule has 138 valence electrons. The number of carbonyl (C=O) groups is 1. The molecule has 0 amide bonds. The number of rotatable bonds is 8. The minimum atomic E-state index is -0.883. The van der Waals surface area contributed by atoms with Gasteiger partial charge in [0.25, 0.3) is 0 Å². The molecule has 1 saturated heterocycles. The van der Waals surface area contributed by atoms with Crippen molar-refractivity contribution >= 4 is 5.97 Å². The van der Waals surface area contributed by atoms with Gasteiger partial charge >= 0.3 is 5.97 Å². The quantitative estimate of drug-likeness (QED) is 0.782. The number of benzene rings is 2. The van der Waals surface area contributed by atoms with E-state index in [1.807, 2.05) is 60.7 Å². The van der Waals surface area contributed by atoms with Crippen LogP contribution in [-0.4, -0.2) is 30.1 Å². The number of carboxylic acids is 1. The van der Waals surface area contributed by atoms with Crippen molar-refractivity contribution in [1.82, 2.24) is 0 Å². The van der Waals surface area contributed by atoms with Gasteiger partial charge in [0.2, 0.25) is 0 Å². The second kappa shape index (κ2) is 9.48. The molecule has 0 aliphatic carbocycles. The lowest BCUT2D eigenvalue weighted by molar-refractivity contribution is -0.238. The highest BCUT2D eigenvalue weighted by atomic mass is 16.7. The zero-order chi connectivity index (χ0) is 18.2. The van der Waals surface area contributed by atoms with Crippen molar-refractivity contribution in [3.8, 4) is 0 Å². The van der Waals surface area contributed by atoms with E-state index in [0.717, 1.165) is 11.1 Å². The van der Waals surface area contributed by atoms with Gasteiger partial charge in [-0.25, -0.2) is 0 Å². The summed E-state index contributed by atoms with van der Waals surface area (Å²) < 4.78 is 17.4. The predicted molar refractivity (Wildman–Crippen MR) is 96.3 cm³/mol. The third-order valence-corrected chi connectivity index (χ3v) is 4.44. The van der Waals surface area contributed by atoms with Crippen LogP contribution in [0.5, 0.6) is 0 Å². The van der Waals surface area contributed by atoms with Crippen LogP contribution in [-0.2, 0) is 32.2 Å². The van der Waals surface area contributed by atoms with Crippen molar-refractivity contribution < 1.29 is 24.1 Å². The van der Waals surface area contributed by atoms with Crippen LogP contribution in [0.3, 0.4) is 0 Å². The first-order chi connectivity index (χ1) is 12.7. The Morgan fingerprint density at radius 3 is 2.19 bits per heavy atom. The number of hydrogen-bond donors (Lipinski definition) is 1. The summed E-state index contributed by atoms with van der Waals surface area (Å²) in [6.45, 7) is 1.26. The number of hydrogen-bond acceptors (Lipinski definition) is 4. The molecule has 2 aromatic carbocycles. The highest BCUT2D eigenvalue weighted by Crippen LogP contribution is 2.27. The Labute approximate surface area is 153 Å². The van der Waals surface area contributed by atoms with E-state index in [-0.39, 0.29) is 6.10 Å². The molecule has 3 atom stereocenters. The summed E-state index contributed by atoms with van der Waals surface area (Å²) in [4.78, 5) is 11.5. The van der Waals surface area contributed by atoms with Crippen LogP contribution in [0.15, 0.2) is 60.7 Å². The Kier molecular flexibility index (Phi) is 6.77. The van der Waals surface area contributed by atoms with Crippen LogP contribution in [0, 0.1) is 5.92 Å². The van der Waals surface area contributed by atoms with Crippen LogP contribution in [0.4, 0.5) is 0 Å². The van der Waals surface area contributed by atoms with E-state index in [0.29, 0.717) is 32.7 Å². The third-order valence-electron chi connectivity index (χ3n) is 4.44. The van der Waals surface area contributed by atoms with Gasteiger partial charge in [0.05, 0.1) is 25.9 Å². The lowest BCUT2D eigenvalue weighted by atomic mass is 9.97. The SMILES string of the molecule is O=C(O)C1CCC(COCc2ccccc2)OC1OCc1ccccc1. The molecule has 3 rings (SSSR count). The van der Waals surface area contributed by atoms with Gasteiger partial charge in [0.15, 0.2) is 6.29 Å². The first kappa shape index (κ1) is 18.6. The molecule has 26 heavy (non-hydrogen) atoms. The van der Waals surface area contributed by atoms with Gasteiger partial charge in [0.1, 0.15) is 5.92 Å². The van der Waals surface area contributed by atoms with Crippen LogP contribution in [0.25, 0.3) is 0 Å². The molecule has 5 nitrogen and oxygen atoms in total. The molecular formula is C21H24O5. The molecule has 1 fully saturated rings. The van der Waals surface area contributed by atoms with Crippen LogP contribution < -0.4 is 0 Å². The molecule has 5 heteroatoms. The van der Waals surface area contributed by atoms with E-state index < -0.39 is 18.2 Å². The zero-order valence-corrected chi connectivity index (χ0v) is 14.6. The fraction of sp³-hybridized carbons (Fsp3) is 0.381. The first-order valence-electron chi connectivity index (χ1n) is 8.88. The second-order valence-electron chi connectivity index (χ2n) is 6.45. The van der Waals surface area contributed by atoms with Gasteiger partial charge in [-0.15, -0.1) is 0 Å². The summed E-state index contributed by atoms with van der Waals surface area (Å²) in [6.07, 6.45) is 0.257. The maximum Gasteiger partial charge on any atom is 0.311 e. The second-order valence-corrected chi connectivity index (χ2v) is 6.45. The summed E-state index contributed by atoms with van der Waals surface area (Å²) in [5.41, 5.74) is 2.09. The lowest BCUT2D eigenvalue weighted by Gasteiger charge is -2.34. The van der Waals surface area contributed by atoms with Gasteiger partial charge in [-0.1, -0.05) is 60.7 Å². The minimum absolute atomic E-state index is 0.157. The number of ether oxygens (including phenoxy) is 3. The Morgan fingerprint density at radius 2 is 1.58 bits per heavy atom. The fourth-order valence-electron chi connectivity index (χ4n) is 3.01. The largest absolute Gasteiger partial charge is 0.481 e. The molecule has 2 aromatic rings. The summed E-state index contributed by atoms with van der Waals surface area (Å²) in [7, 11) is 0. The van der Waals surface area contributed by atoms with E-state index in [9.17, 15) is 9.90 Å². The highest BCUT2D eigenvalue weighted by Gasteiger charge is 2.36. The van der Waals surface area contributed by atoms with E-state index in [4.69, 9.17) is 14.2 Å².